The lowest BCUT2D eigenvalue weighted by molar-refractivity contribution is -0.144. The van der Waals surface area contributed by atoms with E-state index in [9.17, 15) is 23.1 Å². The van der Waals surface area contributed by atoms with Crippen LogP contribution in [0.25, 0.3) is 0 Å². The number of carbonyl (C=O) groups excluding carboxylic acids is 1. The van der Waals surface area contributed by atoms with Crippen molar-refractivity contribution in [3.8, 4) is 0 Å². The molecule has 2 N–H and O–H groups in total. The molecule has 0 aromatic heterocycles. The molecule has 1 amide bonds. The largest absolute Gasteiger partial charge is 0.480 e. The monoisotopic (exact) mass is 382 g/mol. The summed E-state index contributed by atoms with van der Waals surface area (Å²) in [5.41, 5.74) is 0. The minimum Gasteiger partial charge on any atom is -0.480 e. The third kappa shape index (κ3) is 4.62. The SMILES string of the molecule is CCC(C)[C@@H](NC(=O)C1CCN(S(=O)(=O)c2ccccc2)CC1)C(=O)O. The topological polar surface area (TPSA) is 104 Å². The van der Waals surface area contributed by atoms with Crippen LogP contribution in [0.5, 0.6) is 0 Å². The smallest absolute Gasteiger partial charge is 0.326 e. The molecule has 1 aromatic rings. The van der Waals surface area contributed by atoms with Gasteiger partial charge in [-0.2, -0.15) is 4.31 Å². The Morgan fingerprint density at radius 1 is 1.23 bits per heavy atom. The number of hydrogen-bond donors (Lipinski definition) is 2. The van der Waals surface area contributed by atoms with Crippen LogP contribution in [-0.2, 0) is 19.6 Å². The molecular weight excluding hydrogens is 356 g/mol. The molecule has 1 aliphatic rings. The molecule has 1 heterocycles. The average Bonchev–Trinajstić information content (AvgIpc) is 2.65. The highest BCUT2D eigenvalue weighted by Gasteiger charge is 2.34. The van der Waals surface area contributed by atoms with Gasteiger partial charge in [-0.25, -0.2) is 13.2 Å². The Balaban J connectivity index is 1.97. The average molecular weight is 382 g/mol. The van der Waals surface area contributed by atoms with Crippen molar-refractivity contribution in [2.24, 2.45) is 11.8 Å². The van der Waals surface area contributed by atoms with Crippen LogP contribution in [0.1, 0.15) is 33.1 Å². The molecule has 1 aromatic carbocycles. The van der Waals surface area contributed by atoms with Crippen LogP contribution in [0.15, 0.2) is 35.2 Å². The highest BCUT2D eigenvalue weighted by Crippen LogP contribution is 2.24. The number of hydrogen-bond acceptors (Lipinski definition) is 4. The van der Waals surface area contributed by atoms with Crippen LogP contribution < -0.4 is 5.32 Å². The maximum Gasteiger partial charge on any atom is 0.326 e. The van der Waals surface area contributed by atoms with E-state index in [4.69, 9.17) is 0 Å². The van der Waals surface area contributed by atoms with Crippen molar-refractivity contribution in [2.45, 2.75) is 44.0 Å². The third-order valence-corrected chi connectivity index (χ3v) is 6.90. The van der Waals surface area contributed by atoms with E-state index >= 15 is 0 Å². The van der Waals surface area contributed by atoms with Crippen LogP contribution in [0.3, 0.4) is 0 Å². The first-order valence-electron chi connectivity index (χ1n) is 8.85. The molecule has 0 bridgehead atoms. The number of nitrogens with one attached hydrogen (secondary N) is 1. The molecule has 2 rings (SSSR count). The van der Waals surface area contributed by atoms with Crippen molar-refractivity contribution in [3.05, 3.63) is 30.3 Å². The van der Waals surface area contributed by atoms with Crippen molar-refractivity contribution in [1.29, 1.82) is 0 Å². The Morgan fingerprint density at radius 2 is 1.81 bits per heavy atom. The van der Waals surface area contributed by atoms with Crippen LogP contribution >= 0.6 is 0 Å². The second kappa shape index (κ2) is 8.64. The first-order valence-corrected chi connectivity index (χ1v) is 10.3. The predicted octanol–water partition coefficient (Wildman–Crippen LogP) is 1.70. The summed E-state index contributed by atoms with van der Waals surface area (Å²) in [5, 5.41) is 11.9. The normalized spacial score (nSPS) is 18.8. The number of sulfonamides is 1. The first-order chi connectivity index (χ1) is 12.3. The van der Waals surface area contributed by atoms with Gasteiger partial charge in [0.05, 0.1) is 4.90 Å². The summed E-state index contributed by atoms with van der Waals surface area (Å²) in [4.78, 5) is 24.0. The van der Waals surface area contributed by atoms with Crippen LogP contribution in [0.2, 0.25) is 0 Å². The second-order valence-corrected chi connectivity index (χ2v) is 8.64. The van der Waals surface area contributed by atoms with Crippen LogP contribution in [-0.4, -0.2) is 48.8 Å². The number of amides is 1. The molecule has 1 unspecified atom stereocenters. The summed E-state index contributed by atoms with van der Waals surface area (Å²) in [6.45, 7) is 4.15. The zero-order valence-electron chi connectivity index (χ0n) is 15.1. The standard InChI is InChI=1S/C18H26N2O5S/c1-3-13(2)16(18(22)23)19-17(21)14-9-11-20(12-10-14)26(24,25)15-7-5-4-6-8-15/h4-8,13-14,16H,3,9-12H2,1-2H3,(H,19,21)(H,22,23)/t13?,16-/m1/s1. The van der Waals surface area contributed by atoms with Gasteiger partial charge >= 0.3 is 5.97 Å². The summed E-state index contributed by atoms with van der Waals surface area (Å²) >= 11 is 0. The highest BCUT2D eigenvalue weighted by atomic mass is 32.2. The minimum atomic E-state index is -3.56. The molecule has 0 radical (unpaired) electrons. The zero-order valence-corrected chi connectivity index (χ0v) is 15.9. The molecule has 1 fully saturated rings. The summed E-state index contributed by atoms with van der Waals surface area (Å²) in [7, 11) is -3.56. The van der Waals surface area contributed by atoms with Crippen molar-refractivity contribution in [1.82, 2.24) is 9.62 Å². The number of benzene rings is 1. The Bertz CT molecular complexity index is 727. The second-order valence-electron chi connectivity index (χ2n) is 6.70. The molecule has 8 heteroatoms. The highest BCUT2D eigenvalue weighted by molar-refractivity contribution is 7.89. The number of carbonyl (C=O) groups is 2. The van der Waals surface area contributed by atoms with Crippen molar-refractivity contribution in [2.75, 3.05) is 13.1 Å². The van der Waals surface area contributed by atoms with Gasteiger partial charge < -0.3 is 10.4 Å². The fourth-order valence-electron chi connectivity index (χ4n) is 3.05. The maximum absolute atomic E-state index is 12.6. The van der Waals surface area contributed by atoms with E-state index in [2.05, 4.69) is 5.32 Å². The van der Waals surface area contributed by atoms with E-state index < -0.39 is 22.0 Å². The van der Waals surface area contributed by atoms with Gasteiger partial charge in [-0.3, -0.25) is 4.79 Å². The lowest BCUT2D eigenvalue weighted by atomic mass is 9.94. The Morgan fingerprint density at radius 3 is 2.31 bits per heavy atom. The molecule has 0 saturated carbocycles. The van der Waals surface area contributed by atoms with Crippen molar-refractivity contribution < 1.29 is 23.1 Å². The van der Waals surface area contributed by atoms with E-state index in [0.717, 1.165) is 0 Å². The third-order valence-electron chi connectivity index (χ3n) is 4.98. The Kier molecular flexibility index (Phi) is 6.77. The molecule has 2 atom stereocenters. The number of carboxylic acids is 1. The maximum atomic E-state index is 12.6. The Labute approximate surface area is 154 Å². The van der Waals surface area contributed by atoms with Gasteiger partial charge in [0.15, 0.2) is 0 Å². The number of nitrogens with zero attached hydrogens (tertiary/aromatic N) is 1. The molecule has 1 aliphatic heterocycles. The van der Waals surface area contributed by atoms with Gasteiger partial charge in [-0.1, -0.05) is 38.5 Å². The van der Waals surface area contributed by atoms with Gasteiger partial charge in [0.25, 0.3) is 0 Å². The lowest BCUT2D eigenvalue weighted by Crippen LogP contribution is -2.49. The van der Waals surface area contributed by atoms with Crippen LogP contribution in [0.4, 0.5) is 0 Å². The summed E-state index contributed by atoms with van der Waals surface area (Å²) < 4.78 is 26.6. The van der Waals surface area contributed by atoms with E-state index in [1.807, 2.05) is 6.92 Å². The predicted molar refractivity (Wildman–Crippen MR) is 96.9 cm³/mol. The quantitative estimate of drug-likeness (QED) is 0.747. The van der Waals surface area contributed by atoms with Gasteiger partial charge in [0.1, 0.15) is 6.04 Å². The van der Waals surface area contributed by atoms with Gasteiger partial charge in [-0.15, -0.1) is 0 Å². The minimum absolute atomic E-state index is 0.171. The van der Waals surface area contributed by atoms with Gasteiger partial charge in [0.2, 0.25) is 15.9 Å². The summed E-state index contributed by atoms with van der Waals surface area (Å²) in [6.07, 6.45) is 1.40. The summed E-state index contributed by atoms with van der Waals surface area (Å²) in [6, 6.07) is 7.29. The van der Waals surface area contributed by atoms with E-state index in [1.54, 1.807) is 37.3 Å². The number of carboxylic acid groups (broad SMARTS) is 1. The lowest BCUT2D eigenvalue weighted by Gasteiger charge is -2.31. The van der Waals surface area contributed by atoms with E-state index in [-0.39, 0.29) is 35.7 Å². The molecule has 7 nitrogen and oxygen atoms in total. The number of aliphatic carboxylic acids is 1. The number of piperidine rings is 1. The van der Waals surface area contributed by atoms with Gasteiger partial charge in [0, 0.05) is 19.0 Å². The number of rotatable bonds is 7. The van der Waals surface area contributed by atoms with E-state index in [1.165, 1.54) is 4.31 Å². The van der Waals surface area contributed by atoms with Crippen molar-refractivity contribution >= 4 is 21.9 Å². The van der Waals surface area contributed by atoms with Gasteiger partial charge in [-0.05, 0) is 30.9 Å². The zero-order chi connectivity index (χ0) is 19.3. The molecule has 1 saturated heterocycles. The molecule has 144 valence electrons. The van der Waals surface area contributed by atoms with Crippen molar-refractivity contribution in [3.63, 3.8) is 0 Å². The molecular formula is C18H26N2O5S. The molecule has 0 spiro atoms. The van der Waals surface area contributed by atoms with Crippen LogP contribution in [0, 0.1) is 11.8 Å². The summed E-state index contributed by atoms with van der Waals surface area (Å²) in [5.74, 6) is -1.90. The molecule has 0 aliphatic carbocycles. The molecule has 26 heavy (non-hydrogen) atoms. The van der Waals surface area contributed by atoms with E-state index in [0.29, 0.717) is 19.3 Å². The first kappa shape index (κ1) is 20.4. The fourth-order valence-corrected chi connectivity index (χ4v) is 4.54. The Hall–Kier alpha value is -1.93. The fraction of sp³-hybridized carbons (Fsp3) is 0.556.